The number of rotatable bonds is 2. The molecule has 1 N–H and O–H groups in total. The maximum absolute atomic E-state index is 13.5. The molecular weight excluding hydrogens is 313 g/mol. The van der Waals surface area contributed by atoms with Gasteiger partial charge in [0.1, 0.15) is 5.82 Å². The van der Waals surface area contributed by atoms with Crippen LogP contribution in [0.3, 0.4) is 0 Å². The monoisotopic (exact) mass is 329 g/mol. The minimum atomic E-state index is -0.628. The van der Waals surface area contributed by atoms with Gasteiger partial charge in [0.2, 0.25) is 6.79 Å². The first-order chi connectivity index (χ1) is 11.6. The van der Waals surface area contributed by atoms with Gasteiger partial charge in [-0.1, -0.05) is 12.1 Å². The molecule has 0 radical (unpaired) electrons. The predicted molar refractivity (Wildman–Crippen MR) is 83.4 cm³/mol. The third kappa shape index (κ3) is 2.59. The second kappa shape index (κ2) is 5.79. The van der Waals surface area contributed by atoms with Gasteiger partial charge in [0.25, 0.3) is 5.91 Å². The normalized spacial score (nSPS) is 22.0. The summed E-state index contributed by atoms with van der Waals surface area (Å²) in [5, 5.41) is 10.0. The number of fused-ring (bicyclic) bond motifs is 1. The van der Waals surface area contributed by atoms with Crippen LogP contribution in [0, 0.1) is 5.82 Å². The van der Waals surface area contributed by atoms with Crippen molar-refractivity contribution in [1.82, 2.24) is 4.90 Å². The van der Waals surface area contributed by atoms with Gasteiger partial charge in [-0.2, -0.15) is 0 Å². The lowest BCUT2D eigenvalue weighted by Gasteiger charge is -2.25. The number of hydrogen-bond acceptors (Lipinski definition) is 4. The highest BCUT2D eigenvalue weighted by Crippen LogP contribution is 2.36. The summed E-state index contributed by atoms with van der Waals surface area (Å²) in [6.07, 6.45) is -0.240. The molecule has 0 aromatic heterocycles. The molecule has 2 aromatic carbocycles. The number of amides is 1. The fourth-order valence-electron chi connectivity index (χ4n) is 3.26. The standard InChI is InChI=1S/C18H16FNO4/c19-13-3-1-2-11(6-13)15-8-14(21)9-20(15)18(22)12-4-5-16-17(7-12)24-10-23-16/h1-7,14-15,21H,8-10H2/t14-,15+/m1/s1. The Bertz CT molecular complexity index is 794. The molecule has 1 saturated heterocycles. The van der Waals surface area contributed by atoms with E-state index < -0.39 is 6.10 Å². The lowest BCUT2D eigenvalue weighted by atomic mass is 10.0. The van der Waals surface area contributed by atoms with Crippen molar-refractivity contribution in [1.29, 1.82) is 0 Å². The molecule has 1 fully saturated rings. The fourth-order valence-corrected chi connectivity index (χ4v) is 3.26. The van der Waals surface area contributed by atoms with Gasteiger partial charge in [-0.05, 0) is 42.3 Å². The van der Waals surface area contributed by atoms with Crippen LogP contribution in [0.25, 0.3) is 0 Å². The zero-order valence-corrected chi connectivity index (χ0v) is 12.8. The highest BCUT2D eigenvalue weighted by molar-refractivity contribution is 5.95. The molecule has 6 heteroatoms. The molecule has 0 aliphatic carbocycles. The molecule has 2 atom stereocenters. The van der Waals surface area contributed by atoms with E-state index in [1.165, 1.54) is 12.1 Å². The van der Waals surface area contributed by atoms with Gasteiger partial charge in [-0.15, -0.1) is 0 Å². The van der Waals surface area contributed by atoms with E-state index in [1.807, 2.05) is 0 Å². The quantitative estimate of drug-likeness (QED) is 0.920. The first-order valence-corrected chi connectivity index (χ1v) is 7.76. The smallest absolute Gasteiger partial charge is 0.254 e. The summed E-state index contributed by atoms with van der Waals surface area (Å²) in [6, 6.07) is 10.8. The number of carbonyl (C=O) groups is 1. The van der Waals surface area contributed by atoms with Crippen molar-refractivity contribution in [3.05, 3.63) is 59.4 Å². The van der Waals surface area contributed by atoms with Gasteiger partial charge in [0, 0.05) is 12.1 Å². The number of benzene rings is 2. The van der Waals surface area contributed by atoms with Crippen LogP contribution >= 0.6 is 0 Å². The van der Waals surface area contributed by atoms with Crippen LogP contribution in [-0.2, 0) is 0 Å². The van der Waals surface area contributed by atoms with E-state index in [4.69, 9.17) is 9.47 Å². The Labute approximate surface area is 138 Å². The SMILES string of the molecule is O=C(c1ccc2c(c1)OCO2)N1C[C@H](O)C[C@H]1c1cccc(F)c1. The van der Waals surface area contributed by atoms with Crippen LogP contribution in [-0.4, -0.2) is 35.4 Å². The van der Waals surface area contributed by atoms with E-state index in [1.54, 1.807) is 35.2 Å². The first kappa shape index (κ1) is 15.0. The minimum Gasteiger partial charge on any atom is -0.454 e. The number of nitrogens with zero attached hydrogens (tertiary/aromatic N) is 1. The summed E-state index contributed by atoms with van der Waals surface area (Å²) < 4.78 is 24.1. The average Bonchev–Trinajstić information content (AvgIpc) is 3.19. The lowest BCUT2D eigenvalue weighted by molar-refractivity contribution is 0.0715. The summed E-state index contributed by atoms with van der Waals surface area (Å²) in [4.78, 5) is 14.5. The summed E-state index contributed by atoms with van der Waals surface area (Å²) in [5.41, 5.74) is 1.13. The Morgan fingerprint density at radius 1 is 1.17 bits per heavy atom. The van der Waals surface area contributed by atoms with E-state index in [0.29, 0.717) is 29.0 Å². The third-order valence-corrected chi connectivity index (χ3v) is 4.39. The molecule has 0 bridgehead atoms. The maximum Gasteiger partial charge on any atom is 0.254 e. The highest BCUT2D eigenvalue weighted by atomic mass is 19.1. The van der Waals surface area contributed by atoms with Crippen LogP contribution in [0.2, 0.25) is 0 Å². The van der Waals surface area contributed by atoms with Crippen LogP contribution in [0.4, 0.5) is 4.39 Å². The Morgan fingerprint density at radius 3 is 2.83 bits per heavy atom. The zero-order valence-electron chi connectivity index (χ0n) is 12.8. The molecule has 0 spiro atoms. The van der Waals surface area contributed by atoms with Gasteiger partial charge in [0.15, 0.2) is 11.5 Å². The molecule has 0 saturated carbocycles. The van der Waals surface area contributed by atoms with Gasteiger partial charge >= 0.3 is 0 Å². The molecule has 2 aliphatic heterocycles. The minimum absolute atomic E-state index is 0.140. The van der Waals surface area contributed by atoms with Crippen molar-refractivity contribution in [3.8, 4) is 11.5 Å². The number of hydrogen-bond donors (Lipinski definition) is 1. The summed E-state index contributed by atoms with van der Waals surface area (Å²) in [6.45, 7) is 0.357. The maximum atomic E-state index is 13.5. The fraction of sp³-hybridized carbons (Fsp3) is 0.278. The van der Waals surface area contributed by atoms with Crippen molar-refractivity contribution >= 4 is 5.91 Å². The van der Waals surface area contributed by atoms with E-state index in [9.17, 15) is 14.3 Å². The van der Waals surface area contributed by atoms with Gasteiger partial charge in [-0.25, -0.2) is 4.39 Å². The number of carbonyl (C=O) groups excluding carboxylic acids is 1. The molecule has 124 valence electrons. The largest absolute Gasteiger partial charge is 0.454 e. The Hall–Kier alpha value is -2.60. The van der Waals surface area contributed by atoms with Crippen molar-refractivity contribution in [2.24, 2.45) is 0 Å². The van der Waals surface area contributed by atoms with E-state index in [2.05, 4.69) is 0 Å². The van der Waals surface area contributed by atoms with Crippen molar-refractivity contribution in [3.63, 3.8) is 0 Å². The summed E-state index contributed by atoms with van der Waals surface area (Å²) >= 11 is 0. The van der Waals surface area contributed by atoms with Crippen LogP contribution in [0.5, 0.6) is 11.5 Å². The second-order valence-electron chi connectivity index (χ2n) is 5.99. The average molecular weight is 329 g/mol. The van der Waals surface area contributed by atoms with E-state index >= 15 is 0 Å². The van der Waals surface area contributed by atoms with Crippen LogP contribution in [0.1, 0.15) is 28.4 Å². The predicted octanol–water partition coefficient (Wildman–Crippen LogP) is 2.50. The van der Waals surface area contributed by atoms with Crippen LogP contribution < -0.4 is 9.47 Å². The number of aliphatic hydroxyl groups excluding tert-OH is 1. The zero-order chi connectivity index (χ0) is 16.7. The summed E-state index contributed by atoms with van der Waals surface area (Å²) in [5.74, 6) is 0.557. The highest BCUT2D eigenvalue weighted by Gasteiger charge is 2.36. The van der Waals surface area contributed by atoms with Crippen molar-refractivity contribution in [2.45, 2.75) is 18.6 Å². The lowest BCUT2D eigenvalue weighted by Crippen LogP contribution is -2.31. The van der Waals surface area contributed by atoms with Crippen molar-refractivity contribution in [2.75, 3.05) is 13.3 Å². The summed E-state index contributed by atoms with van der Waals surface area (Å²) in [7, 11) is 0. The number of halogens is 1. The molecule has 2 heterocycles. The molecule has 5 nitrogen and oxygen atoms in total. The molecule has 2 aromatic rings. The first-order valence-electron chi connectivity index (χ1n) is 7.76. The molecule has 0 unspecified atom stereocenters. The van der Waals surface area contributed by atoms with Crippen molar-refractivity contribution < 1.29 is 23.8 Å². The Morgan fingerprint density at radius 2 is 2.00 bits per heavy atom. The van der Waals surface area contributed by atoms with Gasteiger partial charge in [-0.3, -0.25) is 4.79 Å². The molecule has 1 amide bonds. The topological polar surface area (TPSA) is 59.0 Å². The number of β-amino-alcohol motifs (C(OH)–C–C–N with tert-alkyl or cyclic N) is 1. The number of ether oxygens (including phenoxy) is 2. The van der Waals surface area contributed by atoms with E-state index in [0.717, 1.165) is 0 Å². The Kier molecular flexibility index (Phi) is 3.61. The number of likely N-dealkylation sites (tertiary alicyclic amines) is 1. The molecule has 4 rings (SSSR count). The van der Waals surface area contributed by atoms with Crippen LogP contribution in [0.15, 0.2) is 42.5 Å². The molecular formula is C18H16FNO4. The van der Waals surface area contributed by atoms with Gasteiger partial charge in [0.05, 0.1) is 12.1 Å². The Balaban J connectivity index is 1.64. The molecule has 24 heavy (non-hydrogen) atoms. The molecule has 2 aliphatic rings. The van der Waals surface area contributed by atoms with E-state index in [-0.39, 0.29) is 31.1 Å². The number of aliphatic hydroxyl groups is 1. The second-order valence-corrected chi connectivity index (χ2v) is 5.99. The third-order valence-electron chi connectivity index (χ3n) is 4.39. The van der Waals surface area contributed by atoms with Gasteiger partial charge < -0.3 is 19.5 Å².